The van der Waals surface area contributed by atoms with E-state index in [1.165, 1.54) is 17.4 Å². The van der Waals surface area contributed by atoms with Gasteiger partial charge in [0, 0.05) is 27.5 Å². The molecular formula is C24H19Cl2N3O4S. The van der Waals surface area contributed by atoms with Gasteiger partial charge < -0.3 is 9.47 Å². The van der Waals surface area contributed by atoms with E-state index in [2.05, 4.69) is 10.3 Å². The van der Waals surface area contributed by atoms with Crippen molar-refractivity contribution in [3.63, 3.8) is 0 Å². The largest absolute Gasteiger partial charge is 0.484 e. The second-order valence-electron chi connectivity index (χ2n) is 6.84. The fourth-order valence-corrected chi connectivity index (χ4v) is 4.02. The van der Waals surface area contributed by atoms with Gasteiger partial charge >= 0.3 is 5.97 Å². The van der Waals surface area contributed by atoms with Gasteiger partial charge in [-0.1, -0.05) is 35.3 Å². The number of carbonyl (C=O) groups is 2. The summed E-state index contributed by atoms with van der Waals surface area (Å²) in [5.41, 5.74) is 1.40. The second kappa shape index (κ2) is 12.2. The van der Waals surface area contributed by atoms with Gasteiger partial charge in [0.05, 0.1) is 6.61 Å². The number of thiazole rings is 1. The molecule has 1 amide bonds. The normalized spacial score (nSPS) is 10.9. The van der Waals surface area contributed by atoms with Crippen molar-refractivity contribution in [1.82, 2.24) is 4.98 Å². The van der Waals surface area contributed by atoms with E-state index in [9.17, 15) is 9.59 Å². The number of nitrogens with zero attached hydrogens (tertiary/aromatic N) is 2. The van der Waals surface area contributed by atoms with E-state index >= 15 is 0 Å². The minimum atomic E-state index is -0.678. The summed E-state index contributed by atoms with van der Waals surface area (Å²) in [6.45, 7) is 1.64. The SMILES string of the molecule is CCOC(=O)/C(C#N)=C/c1ccc(OCC(=O)Nc2ncc(Cc3cc(Cl)ccc3Cl)s2)cc1. The predicted molar refractivity (Wildman–Crippen MR) is 132 cm³/mol. The van der Waals surface area contributed by atoms with Crippen LogP contribution in [-0.4, -0.2) is 30.1 Å². The fraction of sp³-hybridized carbons (Fsp3) is 0.167. The highest BCUT2D eigenvalue weighted by Gasteiger charge is 2.11. The van der Waals surface area contributed by atoms with E-state index in [1.807, 2.05) is 6.07 Å². The number of halogens is 2. The topological polar surface area (TPSA) is 101 Å². The smallest absolute Gasteiger partial charge is 0.348 e. The van der Waals surface area contributed by atoms with Crippen molar-refractivity contribution in [2.75, 3.05) is 18.5 Å². The van der Waals surface area contributed by atoms with Crippen LogP contribution in [0.25, 0.3) is 6.08 Å². The highest BCUT2D eigenvalue weighted by molar-refractivity contribution is 7.15. The van der Waals surface area contributed by atoms with E-state index in [0.29, 0.717) is 32.9 Å². The molecule has 0 radical (unpaired) electrons. The van der Waals surface area contributed by atoms with Gasteiger partial charge in [-0.3, -0.25) is 10.1 Å². The highest BCUT2D eigenvalue weighted by Crippen LogP contribution is 2.27. The summed E-state index contributed by atoms with van der Waals surface area (Å²) in [5.74, 6) is -0.583. The lowest BCUT2D eigenvalue weighted by Crippen LogP contribution is -2.19. The third kappa shape index (κ3) is 7.32. The van der Waals surface area contributed by atoms with Gasteiger partial charge in [0.2, 0.25) is 0 Å². The van der Waals surface area contributed by atoms with E-state index in [0.717, 1.165) is 10.4 Å². The van der Waals surface area contributed by atoms with Crippen LogP contribution in [0.3, 0.4) is 0 Å². The molecule has 0 saturated carbocycles. The maximum Gasteiger partial charge on any atom is 0.348 e. The van der Waals surface area contributed by atoms with Crippen LogP contribution >= 0.6 is 34.5 Å². The van der Waals surface area contributed by atoms with Crippen LogP contribution in [0, 0.1) is 11.3 Å². The molecule has 3 aromatic rings. The number of nitrogens with one attached hydrogen (secondary N) is 1. The Labute approximate surface area is 210 Å². The first-order valence-electron chi connectivity index (χ1n) is 10.1. The Balaban J connectivity index is 1.52. The maximum absolute atomic E-state index is 12.2. The predicted octanol–water partition coefficient (Wildman–Crippen LogP) is 5.53. The van der Waals surface area contributed by atoms with Crippen LogP contribution in [0.1, 0.15) is 22.9 Å². The minimum Gasteiger partial charge on any atom is -0.484 e. The molecule has 10 heteroatoms. The van der Waals surface area contributed by atoms with Crippen molar-refractivity contribution in [3.05, 3.63) is 80.3 Å². The summed E-state index contributed by atoms with van der Waals surface area (Å²) >= 11 is 13.6. The van der Waals surface area contributed by atoms with Crippen LogP contribution in [0.4, 0.5) is 5.13 Å². The van der Waals surface area contributed by atoms with E-state index < -0.39 is 5.97 Å². The molecule has 1 aromatic heterocycles. The van der Waals surface area contributed by atoms with Crippen LogP contribution in [0.15, 0.2) is 54.2 Å². The quantitative estimate of drug-likeness (QED) is 0.228. The van der Waals surface area contributed by atoms with Gasteiger partial charge in [-0.2, -0.15) is 5.26 Å². The van der Waals surface area contributed by atoms with Crippen LogP contribution in [0.2, 0.25) is 10.0 Å². The number of hydrogen-bond acceptors (Lipinski definition) is 7. The Morgan fingerprint density at radius 1 is 1.21 bits per heavy atom. The third-order valence-electron chi connectivity index (χ3n) is 4.35. The monoisotopic (exact) mass is 515 g/mol. The number of hydrogen-bond donors (Lipinski definition) is 1. The molecule has 7 nitrogen and oxygen atoms in total. The standard InChI is InChI=1S/C24H19Cl2N3O4S/c1-2-32-23(31)17(12-27)9-15-3-6-19(7-4-15)33-14-22(30)29-24-28-13-20(34-24)11-16-10-18(25)5-8-21(16)26/h3-10,13H,2,11,14H2,1H3,(H,28,29,30)/b17-9+. The molecule has 0 aliphatic heterocycles. The first-order valence-corrected chi connectivity index (χ1v) is 11.7. The van der Waals surface area contributed by atoms with Crippen LogP contribution < -0.4 is 10.1 Å². The first-order chi connectivity index (χ1) is 16.4. The Bertz CT molecular complexity index is 1250. The molecule has 1 heterocycles. The lowest BCUT2D eigenvalue weighted by Gasteiger charge is -2.06. The number of anilines is 1. The average molecular weight is 516 g/mol. The zero-order valence-electron chi connectivity index (χ0n) is 18.0. The molecule has 2 aromatic carbocycles. The second-order valence-corrected chi connectivity index (χ2v) is 8.80. The molecule has 0 fully saturated rings. The lowest BCUT2D eigenvalue weighted by atomic mass is 10.1. The summed E-state index contributed by atoms with van der Waals surface area (Å²) in [6, 6.07) is 13.7. The number of esters is 1. The van der Waals surface area contributed by atoms with Gasteiger partial charge in [-0.15, -0.1) is 11.3 Å². The molecule has 0 bridgehead atoms. The molecule has 0 aliphatic carbocycles. The lowest BCUT2D eigenvalue weighted by molar-refractivity contribution is -0.137. The van der Waals surface area contributed by atoms with Gasteiger partial charge in [0.15, 0.2) is 11.7 Å². The number of carbonyl (C=O) groups excluding carboxylic acids is 2. The first kappa shape index (κ1) is 25.2. The minimum absolute atomic E-state index is 0.102. The zero-order valence-corrected chi connectivity index (χ0v) is 20.3. The van der Waals surface area contributed by atoms with Crippen molar-refractivity contribution in [2.45, 2.75) is 13.3 Å². The number of rotatable bonds is 9. The van der Waals surface area contributed by atoms with Gasteiger partial charge in [-0.05, 0) is 54.5 Å². The van der Waals surface area contributed by atoms with Crippen molar-refractivity contribution < 1.29 is 19.1 Å². The summed E-state index contributed by atoms with van der Waals surface area (Å²) in [7, 11) is 0. The molecule has 0 spiro atoms. The Morgan fingerprint density at radius 3 is 2.68 bits per heavy atom. The van der Waals surface area contributed by atoms with Crippen LogP contribution in [0.5, 0.6) is 5.75 Å². The Hall–Kier alpha value is -3.38. The summed E-state index contributed by atoms with van der Waals surface area (Å²) in [4.78, 5) is 29.1. The van der Waals surface area contributed by atoms with Crippen molar-refractivity contribution in [2.24, 2.45) is 0 Å². The fourth-order valence-electron chi connectivity index (χ4n) is 2.79. The van der Waals surface area contributed by atoms with Crippen molar-refractivity contribution >= 4 is 57.6 Å². The molecule has 3 rings (SSSR count). The number of ether oxygens (including phenoxy) is 2. The van der Waals surface area contributed by atoms with Crippen molar-refractivity contribution in [1.29, 1.82) is 5.26 Å². The maximum atomic E-state index is 12.2. The number of nitriles is 1. The Morgan fingerprint density at radius 2 is 1.97 bits per heavy atom. The van der Waals surface area contributed by atoms with Gasteiger partial charge in [0.1, 0.15) is 17.4 Å². The third-order valence-corrected chi connectivity index (χ3v) is 5.87. The Kier molecular flexibility index (Phi) is 9.05. The number of amides is 1. The molecule has 0 unspecified atom stereocenters. The number of aromatic nitrogens is 1. The van der Waals surface area contributed by atoms with Crippen LogP contribution in [-0.2, 0) is 20.7 Å². The number of benzene rings is 2. The molecule has 34 heavy (non-hydrogen) atoms. The molecule has 0 atom stereocenters. The van der Waals surface area contributed by atoms with E-state index in [1.54, 1.807) is 55.6 Å². The summed E-state index contributed by atoms with van der Waals surface area (Å²) in [6.07, 6.45) is 3.65. The van der Waals surface area contributed by atoms with E-state index in [-0.39, 0.29) is 24.7 Å². The summed E-state index contributed by atoms with van der Waals surface area (Å²) in [5, 5.41) is 13.5. The molecule has 0 saturated heterocycles. The molecular weight excluding hydrogens is 497 g/mol. The average Bonchev–Trinajstić information content (AvgIpc) is 3.26. The highest BCUT2D eigenvalue weighted by atomic mass is 35.5. The van der Waals surface area contributed by atoms with Gasteiger partial charge in [0.25, 0.3) is 5.91 Å². The van der Waals surface area contributed by atoms with E-state index in [4.69, 9.17) is 37.9 Å². The molecule has 1 N–H and O–H groups in total. The summed E-state index contributed by atoms with van der Waals surface area (Å²) < 4.78 is 10.3. The molecule has 174 valence electrons. The molecule has 0 aliphatic rings. The zero-order chi connectivity index (χ0) is 24.5. The van der Waals surface area contributed by atoms with Crippen molar-refractivity contribution in [3.8, 4) is 11.8 Å². The van der Waals surface area contributed by atoms with Gasteiger partial charge in [-0.25, -0.2) is 9.78 Å².